The summed E-state index contributed by atoms with van der Waals surface area (Å²) in [7, 11) is 0. The van der Waals surface area contributed by atoms with Crippen molar-refractivity contribution in [2.24, 2.45) is 0 Å². The van der Waals surface area contributed by atoms with Crippen molar-refractivity contribution in [3.05, 3.63) is 40.1 Å². The number of carbonyl (C=O) groups is 2. The van der Waals surface area contributed by atoms with Gasteiger partial charge < -0.3 is 20.3 Å². The van der Waals surface area contributed by atoms with Crippen molar-refractivity contribution in [1.29, 1.82) is 0 Å². The maximum Gasteiger partial charge on any atom is 0.317 e. The Bertz CT molecular complexity index is 894. The maximum absolute atomic E-state index is 13.7. The van der Waals surface area contributed by atoms with Gasteiger partial charge in [-0.25, -0.2) is 9.18 Å². The van der Waals surface area contributed by atoms with Crippen molar-refractivity contribution in [2.75, 3.05) is 31.6 Å². The van der Waals surface area contributed by atoms with E-state index in [4.69, 9.17) is 4.74 Å². The Morgan fingerprint density at radius 1 is 1.20 bits per heavy atom. The van der Waals surface area contributed by atoms with E-state index in [1.54, 1.807) is 17.0 Å². The quantitative estimate of drug-likeness (QED) is 0.756. The average Bonchev–Trinajstić information content (AvgIpc) is 3.46. The summed E-state index contributed by atoms with van der Waals surface area (Å²) in [6.07, 6.45) is 3.69. The van der Waals surface area contributed by atoms with E-state index < -0.39 is 11.7 Å². The van der Waals surface area contributed by atoms with Crippen LogP contribution in [0.5, 0.6) is 0 Å². The number of carbonyl (C=O) groups excluding carboxylic acids is 2. The molecule has 3 amide bonds. The second kappa shape index (κ2) is 9.48. The van der Waals surface area contributed by atoms with Gasteiger partial charge in [0.2, 0.25) is 5.01 Å². The van der Waals surface area contributed by atoms with Crippen LogP contribution in [0.4, 0.5) is 14.9 Å². The number of urea groups is 1. The van der Waals surface area contributed by atoms with E-state index in [1.807, 2.05) is 0 Å². The fourth-order valence-electron chi connectivity index (χ4n) is 3.68. The Kier molecular flexibility index (Phi) is 6.53. The molecule has 4 rings (SSSR count). The molecule has 160 valence electrons. The van der Waals surface area contributed by atoms with Crippen molar-refractivity contribution < 1.29 is 18.7 Å². The van der Waals surface area contributed by atoms with E-state index in [9.17, 15) is 14.0 Å². The molecule has 3 heterocycles. The number of benzene rings is 1. The van der Waals surface area contributed by atoms with Gasteiger partial charge in [-0.1, -0.05) is 23.5 Å². The number of amides is 3. The zero-order valence-electron chi connectivity index (χ0n) is 16.5. The summed E-state index contributed by atoms with van der Waals surface area (Å²) in [5, 5.41) is 14.6. The van der Waals surface area contributed by atoms with Crippen LogP contribution in [-0.4, -0.2) is 59.4 Å². The van der Waals surface area contributed by atoms with Gasteiger partial charge in [0.05, 0.1) is 11.8 Å². The molecule has 0 bridgehead atoms. The second-order valence-corrected chi connectivity index (χ2v) is 8.47. The van der Waals surface area contributed by atoms with Crippen LogP contribution in [0.15, 0.2) is 24.3 Å². The van der Waals surface area contributed by atoms with Crippen LogP contribution < -0.4 is 10.6 Å². The van der Waals surface area contributed by atoms with Gasteiger partial charge in [-0.05, 0) is 37.8 Å². The van der Waals surface area contributed by atoms with Crippen LogP contribution >= 0.6 is 11.3 Å². The first-order valence-corrected chi connectivity index (χ1v) is 11.0. The molecule has 2 aromatic rings. The highest BCUT2D eigenvalue weighted by molar-refractivity contribution is 7.13. The summed E-state index contributed by atoms with van der Waals surface area (Å²) in [6.45, 7) is 2.57. The lowest BCUT2D eigenvalue weighted by molar-refractivity contribution is 0.102. The molecule has 0 spiro atoms. The van der Waals surface area contributed by atoms with Crippen molar-refractivity contribution in [2.45, 2.75) is 37.7 Å². The number of anilines is 1. The van der Waals surface area contributed by atoms with E-state index >= 15 is 0 Å². The van der Waals surface area contributed by atoms with Crippen LogP contribution in [-0.2, 0) is 4.74 Å². The molecule has 0 unspecified atom stereocenters. The lowest BCUT2D eigenvalue weighted by Gasteiger charge is -2.31. The molecular formula is C20H24FN5O3S. The fraction of sp³-hybridized carbons (Fsp3) is 0.500. The Morgan fingerprint density at radius 2 is 2.00 bits per heavy atom. The Labute approximate surface area is 177 Å². The summed E-state index contributed by atoms with van der Waals surface area (Å²) >= 11 is 1.22. The molecule has 2 fully saturated rings. The number of para-hydroxylation sites is 1. The van der Waals surface area contributed by atoms with Gasteiger partial charge in [0.1, 0.15) is 10.8 Å². The molecule has 0 radical (unpaired) electrons. The molecular weight excluding hydrogens is 409 g/mol. The van der Waals surface area contributed by atoms with Crippen molar-refractivity contribution in [3.63, 3.8) is 0 Å². The van der Waals surface area contributed by atoms with Crippen LogP contribution in [0, 0.1) is 5.82 Å². The molecule has 0 aliphatic carbocycles. The number of nitrogens with zero attached hydrogens (tertiary/aromatic N) is 3. The molecule has 2 saturated heterocycles. The number of ether oxygens (including phenoxy) is 1. The minimum Gasteiger partial charge on any atom is -0.376 e. The SMILES string of the molecule is O=C(Nc1ccccc1F)c1nnc(C2CCN(C(=O)NC[C@H]3CCCO3)CC2)s1. The number of hydrogen-bond acceptors (Lipinski definition) is 6. The molecule has 1 aromatic heterocycles. The van der Waals surface area contributed by atoms with Crippen molar-refractivity contribution in [3.8, 4) is 0 Å². The summed E-state index contributed by atoms with van der Waals surface area (Å²) in [6, 6.07) is 5.92. The third kappa shape index (κ3) is 4.93. The fourth-order valence-corrected chi connectivity index (χ4v) is 4.58. The number of likely N-dealkylation sites (tertiary alicyclic amines) is 1. The van der Waals surface area contributed by atoms with Gasteiger partial charge in [-0.2, -0.15) is 0 Å². The van der Waals surface area contributed by atoms with Gasteiger partial charge >= 0.3 is 6.03 Å². The van der Waals surface area contributed by atoms with E-state index in [-0.39, 0.29) is 28.7 Å². The predicted molar refractivity (Wildman–Crippen MR) is 110 cm³/mol. The van der Waals surface area contributed by atoms with Gasteiger partial charge in [0, 0.05) is 32.2 Å². The number of halogens is 1. The molecule has 1 atom stereocenters. The zero-order chi connectivity index (χ0) is 20.9. The normalized spacial score (nSPS) is 19.6. The van der Waals surface area contributed by atoms with E-state index in [0.717, 1.165) is 37.3 Å². The lowest BCUT2D eigenvalue weighted by atomic mass is 9.98. The highest BCUT2D eigenvalue weighted by Crippen LogP contribution is 2.30. The highest BCUT2D eigenvalue weighted by atomic mass is 32.1. The summed E-state index contributed by atoms with van der Waals surface area (Å²) in [5.74, 6) is -0.824. The van der Waals surface area contributed by atoms with Crippen LogP contribution in [0.3, 0.4) is 0 Å². The van der Waals surface area contributed by atoms with E-state index in [0.29, 0.717) is 19.6 Å². The number of rotatable bonds is 5. The largest absolute Gasteiger partial charge is 0.376 e. The molecule has 8 nitrogen and oxygen atoms in total. The van der Waals surface area contributed by atoms with Gasteiger partial charge in [0.25, 0.3) is 5.91 Å². The minimum atomic E-state index is -0.499. The number of nitrogens with one attached hydrogen (secondary N) is 2. The molecule has 2 aliphatic rings. The average molecular weight is 434 g/mol. The number of piperidine rings is 1. The molecule has 0 saturated carbocycles. The molecule has 2 aliphatic heterocycles. The Morgan fingerprint density at radius 3 is 2.73 bits per heavy atom. The first-order chi connectivity index (χ1) is 14.6. The number of hydrogen-bond donors (Lipinski definition) is 2. The lowest BCUT2D eigenvalue weighted by Crippen LogP contribution is -2.46. The predicted octanol–water partition coefficient (Wildman–Crippen LogP) is 3.00. The van der Waals surface area contributed by atoms with Gasteiger partial charge in [-0.3, -0.25) is 4.79 Å². The first-order valence-electron chi connectivity index (χ1n) is 10.1. The van der Waals surface area contributed by atoms with Crippen molar-refractivity contribution in [1.82, 2.24) is 20.4 Å². The monoisotopic (exact) mass is 433 g/mol. The Hall–Kier alpha value is -2.59. The second-order valence-electron chi connectivity index (χ2n) is 7.46. The molecule has 30 heavy (non-hydrogen) atoms. The number of aromatic nitrogens is 2. The maximum atomic E-state index is 13.7. The zero-order valence-corrected chi connectivity index (χ0v) is 17.3. The summed E-state index contributed by atoms with van der Waals surface area (Å²) in [4.78, 5) is 26.5. The van der Waals surface area contributed by atoms with Crippen LogP contribution in [0.25, 0.3) is 0 Å². The van der Waals surface area contributed by atoms with E-state index in [2.05, 4.69) is 20.8 Å². The van der Waals surface area contributed by atoms with E-state index in [1.165, 1.54) is 23.5 Å². The van der Waals surface area contributed by atoms with Gasteiger partial charge in [0.15, 0.2) is 0 Å². The minimum absolute atomic E-state index is 0.0637. The van der Waals surface area contributed by atoms with Gasteiger partial charge in [-0.15, -0.1) is 10.2 Å². The van der Waals surface area contributed by atoms with Crippen LogP contribution in [0.2, 0.25) is 0 Å². The Balaban J connectivity index is 1.27. The third-order valence-electron chi connectivity index (χ3n) is 5.39. The molecule has 1 aromatic carbocycles. The first kappa shape index (κ1) is 20.7. The summed E-state index contributed by atoms with van der Waals surface area (Å²) < 4.78 is 19.2. The van der Waals surface area contributed by atoms with Crippen molar-refractivity contribution >= 4 is 29.0 Å². The highest BCUT2D eigenvalue weighted by Gasteiger charge is 2.28. The molecule has 10 heteroatoms. The smallest absolute Gasteiger partial charge is 0.317 e. The topological polar surface area (TPSA) is 96.5 Å². The summed E-state index contributed by atoms with van der Waals surface area (Å²) in [5.41, 5.74) is 0.113. The standard InChI is InChI=1S/C20H24FN5O3S/c21-15-5-1-2-6-16(15)23-17(27)19-25-24-18(30-19)13-7-9-26(10-8-13)20(28)22-12-14-4-3-11-29-14/h1-2,5-6,13-14H,3-4,7-12H2,(H,22,28)(H,23,27)/t14-/m1/s1. The van der Waals surface area contributed by atoms with Crippen LogP contribution in [0.1, 0.15) is 46.4 Å². The third-order valence-corrected chi connectivity index (χ3v) is 6.48. The molecule has 2 N–H and O–H groups in total.